The van der Waals surface area contributed by atoms with Gasteiger partial charge in [-0.15, -0.1) is 0 Å². The van der Waals surface area contributed by atoms with Crippen molar-refractivity contribution in [3.05, 3.63) is 0 Å². The maximum atomic E-state index is 11.7. The van der Waals surface area contributed by atoms with E-state index in [4.69, 9.17) is 14.6 Å². The lowest BCUT2D eigenvalue weighted by atomic mass is 10.0. The fraction of sp³-hybridized carbons (Fsp3) is 0.833. The molecule has 110 valence electrons. The first-order chi connectivity index (χ1) is 8.73. The number of carbonyl (C=O) groups is 2. The highest BCUT2D eigenvalue weighted by Gasteiger charge is 2.33. The molecule has 1 unspecified atom stereocenters. The van der Waals surface area contributed by atoms with Crippen molar-refractivity contribution in [2.45, 2.75) is 44.9 Å². The van der Waals surface area contributed by atoms with Crippen LogP contribution < -0.4 is 5.32 Å². The van der Waals surface area contributed by atoms with Crippen LogP contribution in [0.4, 0.5) is 9.59 Å². The molecule has 0 aromatic carbocycles. The second-order valence-electron chi connectivity index (χ2n) is 5.54. The standard InChI is InChI=1S/C12H22N2O5/c1-12(2,3)19-10(15)13-8-7-14(11(16)17)6-5-9(8)18-4/h8-9H,5-7H2,1-4H3,(H,13,15)(H,16,17)/t8-,9?/m1/s1. The Morgan fingerprint density at radius 2 is 2.00 bits per heavy atom. The number of carboxylic acid groups (broad SMARTS) is 1. The largest absolute Gasteiger partial charge is 0.465 e. The summed E-state index contributed by atoms with van der Waals surface area (Å²) in [6.07, 6.45) is -1.22. The molecule has 1 aliphatic heterocycles. The maximum Gasteiger partial charge on any atom is 0.408 e. The Labute approximate surface area is 112 Å². The Morgan fingerprint density at radius 1 is 1.37 bits per heavy atom. The van der Waals surface area contributed by atoms with Gasteiger partial charge in [-0.05, 0) is 27.2 Å². The van der Waals surface area contributed by atoms with Crippen LogP contribution in [-0.2, 0) is 9.47 Å². The van der Waals surface area contributed by atoms with E-state index < -0.39 is 23.8 Å². The number of likely N-dealkylation sites (tertiary alicyclic amines) is 1. The van der Waals surface area contributed by atoms with Crippen molar-refractivity contribution in [3.63, 3.8) is 0 Å². The molecule has 0 saturated carbocycles. The van der Waals surface area contributed by atoms with E-state index in [2.05, 4.69) is 5.32 Å². The maximum absolute atomic E-state index is 11.7. The van der Waals surface area contributed by atoms with Gasteiger partial charge < -0.3 is 24.8 Å². The molecular weight excluding hydrogens is 252 g/mol. The molecule has 1 saturated heterocycles. The van der Waals surface area contributed by atoms with Crippen LogP contribution in [0.25, 0.3) is 0 Å². The van der Waals surface area contributed by atoms with Crippen molar-refractivity contribution in [1.82, 2.24) is 10.2 Å². The van der Waals surface area contributed by atoms with E-state index in [-0.39, 0.29) is 12.6 Å². The highest BCUT2D eigenvalue weighted by atomic mass is 16.6. The van der Waals surface area contributed by atoms with Gasteiger partial charge in [0.25, 0.3) is 0 Å². The van der Waals surface area contributed by atoms with Gasteiger partial charge in [0.1, 0.15) is 5.60 Å². The molecule has 2 amide bonds. The molecule has 0 bridgehead atoms. The third-order valence-corrected chi connectivity index (χ3v) is 2.82. The van der Waals surface area contributed by atoms with Gasteiger partial charge in [0.05, 0.1) is 12.1 Å². The molecule has 0 aromatic heterocycles. The molecule has 0 radical (unpaired) electrons. The predicted octanol–water partition coefficient (Wildman–Crippen LogP) is 1.28. The Balaban J connectivity index is 2.61. The third kappa shape index (κ3) is 4.94. The number of amides is 2. The molecule has 2 atom stereocenters. The van der Waals surface area contributed by atoms with Crippen molar-refractivity contribution in [2.75, 3.05) is 20.2 Å². The third-order valence-electron chi connectivity index (χ3n) is 2.82. The van der Waals surface area contributed by atoms with Gasteiger partial charge in [-0.25, -0.2) is 9.59 Å². The molecule has 1 heterocycles. The first kappa shape index (κ1) is 15.6. The topological polar surface area (TPSA) is 88.1 Å². The van der Waals surface area contributed by atoms with Crippen molar-refractivity contribution in [2.24, 2.45) is 0 Å². The molecular formula is C12H22N2O5. The fourth-order valence-electron chi connectivity index (χ4n) is 1.98. The van der Waals surface area contributed by atoms with E-state index in [1.165, 1.54) is 4.90 Å². The lowest BCUT2D eigenvalue weighted by Gasteiger charge is -2.36. The number of piperidine rings is 1. The van der Waals surface area contributed by atoms with Crippen LogP contribution >= 0.6 is 0 Å². The molecule has 1 rings (SSSR count). The molecule has 7 heteroatoms. The number of hydrogen-bond donors (Lipinski definition) is 2. The van der Waals surface area contributed by atoms with E-state index in [9.17, 15) is 9.59 Å². The number of hydrogen-bond acceptors (Lipinski definition) is 4. The minimum Gasteiger partial charge on any atom is -0.465 e. The predicted molar refractivity (Wildman–Crippen MR) is 68.2 cm³/mol. The van der Waals surface area contributed by atoms with Crippen molar-refractivity contribution < 1.29 is 24.2 Å². The molecule has 7 nitrogen and oxygen atoms in total. The Kier molecular flexibility index (Phi) is 4.99. The summed E-state index contributed by atoms with van der Waals surface area (Å²) in [6, 6.07) is -0.398. The Hall–Kier alpha value is -1.50. The molecule has 0 aromatic rings. The van der Waals surface area contributed by atoms with Crippen LogP contribution in [0.3, 0.4) is 0 Å². The van der Waals surface area contributed by atoms with E-state index in [1.807, 2.05) is 0 Å². The smallest absolute Gasteiger partial charge is 0.408 e. The number of nitrogens with one attached hydrogen (secondary N) is 1. The zero-order valence-electron chi connectivity index (χ0n) is 11.8. The average molecular weight is 274 g/mol. The molecule has 2 N–H and O–H groups in total. The van der Waals surface area contributed by atoms with Crippen LogP contribution in [0, 0.1) is 0 Å². The van der Waals surface area contributed by atoms with Crippen LogP contribution in [0.15, 0.2) is 0 Å². The molecule has 0 spiro atoms. The Morgan fingerprint density at radius 3 is 2.47 bits per heavy atom. The summed E-state index contributed by atoms with van der Waals surface area (Å²) >= 11 is 0. The molecule has 0 aliphatic carbocycles. The number of alkyl carbamates (subject to hydrolysis) is 1. The Bertz CT molecular complexity index is 340. The lowest BCUT2D eigenvalue weighted by Crippen LogP contribution is -2.57. The quantitative estimate of drug-likeness (QED) is 0.792. The average Bonchev–Trinajstić information content (AvgIpc) is 2.26. The van der Waals surface area contributed by atoms with Gasteiger partial charge in [-0.3, -0.25) is 0 Å². The zero-order chi connectivity index (χ0) is 14.6. The fourth-order valence-corrected chi connectivity index (χ4v) is 1.98. The summed E-state index contributed by atoms with van der Waals surface area (Å²) in [6.45, 7) is 5.91. The van der Waals surface area contributed by atoms with Gasteiger partial charge >= 0.3 is 12.2 Å². The van der Waals surface area contributed by atoms with Gasteiger partial charge in [-0.2, -0.15) is 0 Å². The summed E-state index contributed by atoms with van der Waals surface area (Å²) in [5.74, 6) is 0. The monoisotopic (exact) mass is 274 g/mol. The van der Waals surface area contributed by atoms with Crippen LogP contribution in [-0.4, -0.2) is 60.1 Å². The van der Waals surface area contributed by atoms with E-state index in [0.717, 1.165) is 0 Å². The first-order valence-corrected chi connectivity index (χ1v) is 6.23. The molecule has 1 aliphatic rings. The van der Waals surface area contributed by atoms with Crippen LogP contribution in [0.1, 0.15) is 27.2 Å². The number of nitrogens with zero attached hydrogens (tertiary/aromatic N) is 1. The van der Waals surface area contributed by atoms with Gasteiger partial charge in [0.2, 0.25) is 0 Å². The number of methoxy groups -OCH3 is 1. The van der Waals surface area contributed by atoms with Crippen molar-refractivity contribution >= 4 is 12.2 Å². The van der Waals surface area contributed by atoms with Crippen molar-refractivity contribution in [1.29, 1.82) is 0 Å². The van der Waals surface area contributed by atoms with E-state index in [1.54, 1.807) is 27.9 Å². The zero-order valence-corrected chi connectivity index (χ0v) is 11.8. The minimum atomic E-state index is -0.995. The van der Waals surface area contributed by atoms with Crippen LogP contribution in [0.5, 0.6) is 0 Å². The van der Waals surface area contributed by atoms with Crippen LogP contribution in [0.2, 0.25) is 0 Å². The summed E-state index contributed by atoms with van der Waals surface area (Å²) in [5.41, 5.74) is -0.589. The lowest BCUT2D eigenvalue weighted by molar-refractivity contribution is 0.00432. The van der Waals surface area contributed by atoms with Gasteiger partial charge in [0, 0.05) is 20.2 Å². The van der Waals surface area contributed by atoms with E-state index >= 15 is 0 Å². The summed E-state index contributed by atoms with van der Waals surface area (Å²) in [5, 5.41) is 11.6. The summed E-state index contributed by atoms with van der Waals surface area (Å²) in [7, 11) is 1.55. The number of ether oxygens (including phenoxy) is 2. The summed E-state index contributed by atoms with van der Waals surface area (Å²) in [4.78, 5) is 23.9. The number of rotatable bonds is 2. The van der Waals surface area contributed by atoms with Crippen molar-refractivity contribution in [3.8, 4) is 0 Å². The number of carbonyl (C=O) groups excluding carboxylic acids is 1. The second-order valence-corrected chi connectivity index (χ2v) is 5.54. The highest BCUT2D eigenvalue weighted by molar-refractivity contribution is 5.69. The summed E-state index contributed by atoms with van der Waals surface area (Å²) < 4.78 is 10.4. The van der Waals surface area contributed by atoms with E-state index in [0.29, 0.717) is 13.0 Å². The SMILES string of the molecule is COC1CCN(C(=O)O)C[C@H]1NC(=O)OC(C)(C)C. The van der Waals surface area contributed by atoms with Gasteiger partial charge in [-0.1, -0.05) is 0 Å². The molecule has 19 heavy (non-hydrogen) atoms. The normalized spacial score (nSPS) is 23.9. The first-order valence-electron chi connectivity index (χ1n) is 6.23. The highest BCUT2D eigenvalue weighted by Crippen LogP contribution is 2.15. The minimum absolute atomic E-state index is 0.201. The molecule has 1 fully saturated rings. The van der Waals surface area contributed by atoms with Gasteiger partial charge in [0.15, 0.2) is 0 Å². The second kappa shape index (κ2) is 6.10.